The Morgan fingerprint density at radius 3 is 2.12 bits per heavy atom. The summed E-state index contributed by atoms with van der Waals surface area (Å²) < 4.78 is 58.3. The maximum atomic E-state index is 14.1. The number of hydrogen-bond acceptors (Lipinski definition) is 4. The summed E-state index contributed by atoms with van der Waals surface area (Å²) in [5.41, 5.74) is 1.25. The number of benzene rings is 2. The van der Waals surface area contributed by atoms with Crippen LogP contribution in [0.4, 0.5) is 8.78 Å². The molecule has 0 saturated carbocycles. The molecule has 5 nitrogen and oxygen atoms in total. The highest BCUT2D eigenvalue weighted by atomic mass is 32.2. The Morgan fingerprint density at radius 1 is 1.08 bits per heavy atom. The number of allylic oxidation sites excluding steroid dienone is 1. The Hall–Kier alpha value is -2.74. The van der Waals surface area contributed by atoms with Gasteiger partial charge in [-0.05, 0) is 55.8 Å². The lowest BCUT2D eigenvalue weighted by molar-refractivity contribution is -0.108. The second-order valence-corrected chi connectivity index (χ2v) is 7.06. The van der Waals surface area contributed by atoms with Gasteiger partial charge in [-0.1, -0.05) is 11.6 Å². The molecule has 0 aliphatic carbocycles. The molecule has 0 radical (unpaired) electrons. The van der Waals surface area contributed by atoms with Crippen molar-refractivity contribution in [1.29, 1.82) is 0 Å². The minimum Gasteiger partial charge on any atom is -0.451 e. The summed E-state index contributed by atoms with van der Waals surface area (Å²) in [5.74, 6) is -2.32. The molecule has 0 spiro atoms. The number of rotatable bonds is 6. The maximum Gasteiger partial charge on any atom is 0.263 e. The normalized spacial score (nSPS) is 10.9. The van der Waals surface area contributed by atoms with Gasteiger partial charge in [-0.25, -0.2) is 17.2 Å². The van der Waals surface area contributed by atoms with Crippen LogP contribution in [0.15, 0.2) is 46.9 Å². The summed E-state index contributed by atoms with van der Waals surface area (Å²) in [6.45, 7) is 3.60. The lowest BCUT2D eigenvalue weighted by Gasteiger charge is -2.10. The van der Waals surface area contributed by atoms with E-state index in [2.05, 4.69) is 0 Å². The monoisotopic (exact) mass is 367 g/mol. The van der Waals surface area contributed by atoms with Crippen LogP contribution in [-0.2, 0) is 14.8 Å². The van der Waals surface area contributed by atoms with Crippen LogP contribution in [-0.4, -0.2) is 14.8 Å². The fourth-order valence-electron chi connectivity index (χ4n) is 2.03. The first-order valence-corrected chi connectivity index (χ1v) is 8.59. The summed E-state index contributed by atoms with van der Waals surface area (Å²) in [7, 11) is -3.96. The van der Waals surface area contributed by atoms with E-state index in [1.807, 2.05) is 0 Å². The largest absolute Gasteiger partial charge is 0.451 e. The quantitative estimate of drug-likeness (QED) is 0.792. The summed E-state index contributed by atoms with van der Waals surface area (Å²) in [6.07, 6.45) is 1.66. The Balaban J connectivity index is 2.28. The van der Waals surface area contributed by atoms with E-state index in [0.29, 0.717) is 5.56 Å². The van der Waals surface area contributed by atoms with Gasteiger partial charge in [-0.2, -0.15) is 0 Å². The first kappa shape index (κ1) is 18.6. The Labute approximate surface area is 144 Å². The number of hydrogen-bond donors (Lipinski definition) is 1. The van der Waals surface area contributed by atoms with Gasteiger partial charge in [-0.15, -0.1) is 0 Å². The summed E-state index contributed by atoms with van der Waals surface area (Å²) in [5, 5.41) is 0. The van der Waals surface area contributed by atoms with E-state index in [1.54, 1.807) is 24.6 Å². The van der Waals surface area contributed by atoms with Gasteiger partial charge in [0.1, 0.15) is 5.75 Å². The SMILES string of the molecule is CC(C)=Cc1cc(F)c(Oc2ccc(S(=O)(=O)NC=O)cc2)c(F)c1. The highest BCUT2D eigenvalue weighted by Crippen LogP contribution is 2.29. The van der Waals surface area contributed by atoms with Crippen molar-refractivity contribution in [2.75, 3.05) is 0 Å². The molecule has 8 heteroatoms. The number of sulfonamides is 1. The van der Waals surface area contributed by atoms with E-state index in [-0.39, 0.29) is 17.1 Å². The number of halogens is 2. The van der Waals surface area contributed by atoms with Crippen molar-refractivity contribution in [3.63, 3.8) is 0 Å². The number of nitrogens with one attached hydrogen (secondary N) is 1. The zero-order valence-corrected chi connectivity index (χ0v) is 14.2. The van der Waals surface area contributed by atoms with Crippen LogP contribution in [0, 0.1) is 11.6 Å². The molecule has 1 N–H and O–H groups in total. The number of carbonyl (C=O) groups is 1. The molecule has 132 valence electrons. The van der Waals surface area contributed by atoms with Crippen molar-refractivity contribution in [2.24, 2.45) is 0 Å². The van der Waals surface area contributed by atoms with Gasteiger partial charge in [0, 0.05) is 0 Å². The molecule has 0 aromatic heterocycles. The molecule has 0 aliphatic rings. The van der Waals surface area contributed by atoms with E-state index in [1.165, 1.54) is 12.1 Å². The lowest BCUT2D eigenvalue weighted by Crippen LogP contribution is -2.21. The summed E-state index contributed by atoms with van der Waals surface area (Å²) >= 11 is 0. The third kappa shape index (κ3) is 4.63. The van der Waals surface area contributed by atoms with Gasteiger partial charge in [0.15, 0.2) is 17.4 Å². The number of amides is 1. The standard InChI is InChI=1S/C17H15F2NO4S/c1-11(2)7-12-8-15(18)17(16(19)9-12)24-13-3-5-14(6-4-13)25(22,23)20-10-21/h3-10H,1-2H3,(H,20,21). The van der Waals surface area contributed by atoms with E-state index < -0.39 is 27.4 Å². The highest BCUT2D eigenvalue weighted by molar-refractivity contribution is 7.90. The predicted octanol–water partition coefficient (Wildman–Crippen LogP) is 3.62. The molecule has 2 aromatic carbocycles. The summed E-state index contributed by atoms with van der Waals surface area (Å²) in [6, 6.07) is 7.02. The zero-order chi connectivity index (χ0) is 18.6. The van der Waals surface area contributed by atoms with Gasteiger partial charge >= 0.3 is 0 Å². The molecule has 25 heavy (non-hydrogen) atoms. The molecule has 0 aliphatic heterocycles. The van der Waals surface area contributed by atoms with Gasteiger partial charge < -0.3 is 4.74 Å². The van der Waals surface area contributed by atoms with Crippen molar-refractivity contribution < 1.29 is 26.7 Å². The minimum atomic E-state index is -3.96. The van der Waals surface area contributed by atoms with Crippen LogP contribution >= 0.6 is 0 Å². The molecule has 2 rings (SSSR count). The fourth-order valence-corrected chi connectivity index (χ4v) is 2.79. The van der Waals surface area contributed by atoms with E-state index in [9.17, 15) is 22.0 Å². The van der Waals surface area contributed by atoms with Crippen LogP contribution in [0.1, 0.15) is 19.4 Å². The summed E-state index contributed by atoms with van der Waals surface area (Å²) in [4.78, 5) is 10.1. The second kappa shape index (κ2) is 7.43. The van der Waals surface area contributed by atoms with E-state index >= 15 is 0 Å². The molecule has 0 unspecified atom stereocenters. The topological polar surface area (TPSA) is 72.5 Å². The number of carbonyl (C=O) groups excluding carboxylic acids is 1. The first-order chi connectivity index (χ1) is 11.7. The molecule has 1 amide bonds. The molecule has 0 bridgehead atoms. The average Bonchev–Trinajstić information content (AvgIpc) is 2.51. The van der Waals surface area contributed by atoms with Crippen LogP contribution in [0.3, 0.4) is 0 Å². The molecule has 0 fully saturated rings. The van der Waals surface area contributed by atoms with Crippen molar-refractivity contribution >= 4 is 22.5 Å². The fraction of sp³-hybridized carbons (Fsp3) is 0.118. The molecule has 0 atom stereocenters. The molecular formula is C17H15F2NO4S. The van der Waals surface area contributed by atoms with E-state index in [4.69, 9.17) is 4.74 Å². The second-order valence-electron chi connectivity index (χ2n) is 5.35. The Bertz CT molecular complexity index is 895. The van der Waals surface area contributed by atoms with Crippen LogP contribution in [0.25, 0.3) is 6.08 Å². The van der Waals surface area contributed by atoms with E-state index in [0.717, 1.165) is 29.8 Å². The van der Waals surface area contributed by atoms with Gasteiger partial charge in [-0.3, -0.25) is 9.52 Å². The van der Waals surface area contributed by atoms with Crippen molar-refractivity contribution in [3.05, 3.63) is 59.2 Å². The molecular weight excluding hydrogens is 352 g/mol. The maximum absolute atomic E-state index is 14.1. The minimum absolute atomic E-state index is 0.0396. The Kier molecular flexibility index (Phi) is 5.53. The molecule has 0 saturated heterocycles. The van der Waals surface area contributed by atoms with Crippen molar-refractivity contribution in [3.8, 4) is 11.5 Å². The van der Waals surface area contributed by atoms with Gasteiger partial charge in [0.05, 0.1) is 4.90 Å². The average molecular weight is 367 g/mol. The van der Waals surface area contributed by atoms with Crippen molar-refractivity contribution in [1.82, 2.24) is 4.72 Å². The number of ether oxygens (including phenoxy) is 1. The first-order valence-electron chi connectivity index (χ1n) is 7.11. The van der Waals surface area contributed by atoms with Crippen LogP contribution in [0.5, 0.6) is 11.5 Å². The third-order valence-electron chi connectivity index (χ3n) is 3.03. The smallest absolute Gasteiger partial charge is 0.263 e. The predicted molar refractivity (Wildman–Crippen MR) is 88.6 cm³/mol. The zero-order valence-electron chi connectivity index (χ0n) is 13.4. The van der Waals surface area contributed by atoms with Crippen LogP contribution in [0.2, 0.25) is 0 Å². The lowest BCUT2D eigenvalue weighted by atomic mass is 10.1. The third-order valence-corrected chi connectivity index (χ3v) is 4.33. The van der Waals surface area contributed by atoms with Crippen LogP contribution < -0.4 is 9.46 Å². The molecule has 2 aromatic rings. The Morgan fingerprint density at radius 2 is 1.64 bits per heavy atom. The van der Waals surface area contributed by atoms with Gasteiger partial charge in [0.2, 0.25) is 6.41 Å². The van der Waals surface area contributed by atoms with Crippen molar-refractivity contribution in [2.45, 2.75) is 18.7 Å². The molecule has 0 heterocycles. The van der Waals surface area contributed by atoms with Gasteiger partial charge in [0.25, 0.3) is 10.0 Å². The highest BCUT2D eigenvalue weighted by Gasteiger charge is 2.15.